The fraction of sp³-hybridized carbons (Fsp3) is 0.240. The Morgan fingerprint density at radius 3 is 2.21 bits per heavy atom. The summed E-state index contributed by atoms with van der Waals surface area (Å²) in [6.07, 6.45) is 3.11. The van der Waals surface area contributed by atoms with Crippen LogP contribution < -0.4 is 19.1 Å². The molecule has 0 aliphatic rings. The highest BCUT2D eigenvalue weighted by Crippen LogP contribution is 2.31. The van der Waals surface area contributed by atoms with Crippen molar-refractivity contribution in [3.63, 3.8) is 0 Å². The number of benzene rings is 3. The van der Waals surface area contributed by atoms with Gasteiger partial charge in [0.1, 0.15) is 0 Å². The van der Waals surface area contributed by atoms with E-state index >= 15 is 0 Å². The number of methoxy groups -OCH3 is 2. The van der Waals surface area contributed by atoms with Crippen molar-refractivity contribution in [3.8, 4) is 11.5 Å². The Balaban J connectivity index is 1.70. The number of carbonyl (C=O) groups is 1. The first kappa shape index (κ1) is 25.5. The van der Waals surface area contributed by atoms with Gasteiger partial charge in [0.15, 0.2) is 11.5 Å². The summed E-state index contributed by atoms with van der Waals surface area (Å²) in [5.74, 6) is 0.988. The molecule has 34 heavy (non-hydrogen) atoms. The number of sulfonamides is 1. The lowest BCUT2D eigenvalue weighted by Gasteiger charge is -2.24. The lowest BCUT2D eigenvalue weighted by Crippen LogP contribution is -2.29. The van der Waals surface area contributed by atoms with Crippen LogP contribution in [0.3, 0.4) is 0 Å². The molecule has 9 heteroatoms. The summed E-state index contributed by atoms with van der Waals surface area (Å²) < 4.78 is 37.0. The van der Waals surface area contributed by atoms with Crippen molar-refractivity contribution < 1.29 is 22.7 Å². The van der Waals surface area contributed by atoms with Gasteiger partial charge in [0, 0.05) is 17.0 Å². The molecule has 0 unspecified atom stereocenters. The molecule has 0 saturated heterocycles. The number of hydrogen-bond acceptors (Lipinski definition) is 6. The molecular weight excluding hydrogens is 472 g/mol. The predicted molar refractivity (Wildman–Crippen MR) is 136 cm³/mol. The Labute approximate surface area is 205 Å². The average molecular weight is 501 g/mol. The number of ether oxygens (including phenoxy) is 2. The zero-order valence-electron chi connectivity index (χ0n) is 19.6. The summed E-state index contributed by atoms with van der Waals surface area (Å²) in [5, 5.41) is 2.89. The van der Waals surface area contributed by atoms with Crippen LogP contribution >= 0.6 is 11.8 Å². The number of para-hydroxylation sites is 1. The molecule has 3 aromatic carbocycles. The second-order valence-electron chi connectivity index (χ2n) is 7.51. The van der Waals surface area contributed by atoms with E-state index < -0.39 is 10.0 Å². The summed E-state index contributed by atoms with van der Waals surface area (Å²) in [6, 6.07) is 19.8. The molecule has 7 nitrogen and oxygen atoms in total. The van der Waals surface area contributed by atoms with Crippen molar-refractivity contribution in [3.05, 3.63) is 83.4 Å². The molecule has 0 atom stereocenters. The molecule has 0 aliphatic carbocycles. The zero-order valence-corrected chi connectivity index (χ0v) is 21.2. The van der Waals surface area contributed by atoms with Crippen LogP contribution in [0.1, 0.15) is 21.5 Å². The van der Waals surface area contributed by atoms with Crippen molar-refractivity contribution in [1.29, 1.82) is 0 Å². The van der Waals surface area contributed by atoms with Gasteiger partial charge in [-0.05, 0) is 53.8 Å². The van der Waals surface area contributed by atoms with E-state index in [1.54, 1.807) is 50.6 Å². The van der Waals surface area contributed by atoms with Gasteiger partial charge >= 0.3 is 0 Å². The molecule has 0 aromatic heterocycles. The van der Waals surface area contributed by atoms with Crippen LogP contribution in [0.25, 0.3) is 0 Å². The first-order valence-electron chi connectivity index (χ1n) is 10.5. The SMILES string of the molecule is COc1ccc(CNC(=O)c2ccc(CN(c3ccccc3SC)S(C)(=O)=O)cc2)cc1OC. The first-order valence-corrected chi connectivity index (χ1v) is 13.5. The third-order valence-electron chi connectivity index (χ3n) is 5.20. The third kappa shape index (κ3) is 6.24. The highest BCUT2D eigenvalue weighted by molar-refractivity contribution is 7.99. The fourth-order valence-corrected chi connectivity index (χ4v) is 4.98. The van der Waals surface area contributed by atoms with Gasteiger partial charge < -0.3 is 14.8 Å². The van der Waals surface area contributed by atoms with Crippen molar-refractivity contribution in [1.82, 2.24) is 5.32 Å². The molecule has 0 saturated carbocycles. The minimum Gasteiger partial charge on any atom is -0.493 e. The molecule has 0 bridgehead atoms. The van der Waals surface area contributed by atoms with Crippen LogP contribution in [0.2, 0.25) is 0 Å². The maximum atomic E-state index is 12.6. The molecule has 0 fully saturated rings. The van der Waals surface area contributed by atoms with Gasteiger partial charge in [-0.15, -0.1) is 11.8 Å². The van der Waals surface area contributed by atoms with Crippen molar-refractivity contribution in [2.45, 2.75) is 18.0 Å². The number of thioether (sulfide) groups is 1. The molecule has 0 aliphatic heterocycles. The van der Waals surface area contributed by atoms with Crippen molar-refractivity contribution in [2.75, 3.05) is 31.0 Å². The van der Waals surface area contributed by atoms with Gasteiger partial charge in [-0.1, -0.05) is 30.3 Å². The molecule has 0 spiro atoms. The summed E-state index contributed by atoms with van der Waals surface area (Å²) in [7, 11) is -0.373. The van der Waals surface area contributed by atoms with Gasteiger partial charge in [-0.2, -0.15) is 0 Å². The van der Waals surface area contributed by atoms with E-state index in [1.165, 1.54) is 22.3 Å². The number of rotatable bonds is 10. The van der Waals surface area contributed by atoms with Crippen LogP contribution in [-0.2, 0) is 23.1 Å². The van der Waals surface area contributed by atoms with Crippen LogP contribution in [0.15, 0.2) is 71.6 Å². The molecule has 1 N–H and O–H groups in total. The van der Waals surface area contributed by atoms with Crippen LogP contribution in [0.5, 0.6) is 11.5 Å². The minimum atomic E-state index is -3.50. The van der Waals surface area contributed by atoms with Crippen LogP contribution in [-0.4, -0.2) is 41.1 Å². The maximum Gasteiger partial charge on any atom is 0.251 e. The van der Waals surface area contributed by atoms with E-state index in [2.05, 4.69) is 5.32 Å². The summed E-state index contributed by atoms with van der Waals surface area (Å²) in [4.78, 5) is 13.5. The smallest absolute Gasteiger partial charge is 0.251 e. The number of anilines is 1. The number of carbonyl (C=O) groups excluding carboxylic acids is 1. The van der Waals surface area contributed by atoms with E-state index in [9.17, 15) is 13.2 Å². The van der Waals surface area contributed by atoms with Crippen molar-refractivity contribution >= 4 is 33.4 Å². The molecule has 3 rings (SSSR count). The summed E-state index contributed by atoms with van der Waals surface area (Å²) in [5.41, 5.74) is 2.77. The van der Waals surface area contributed by atoms with Gasteiger partial charge in [-0.3, -0.25) is 9.10 Å². The van der Waals surface area contributed by atoms with Crippen LogP contribution in [0.4, 0.5) is 5.69 Å². The van der Waals surface area contributed by atoms with E-state index in [1.807, 2.05) is 36.6 Å². The summed E-state index contributed by atoms with van der Waals surface area (Å²) >= 11 is 1.49. The lowest BCUT2D eigenvalue weighted by molar-refractivity contribution is 0.0951. The van der Waals surface area contributed by atoms with E-state index in [0.29, 0.717) is 29.3 Å². The fourth-order valence-electron chi connectivity index (χ4n) is 3.42. The zero-order chi connectivity index (χ0) is 24.7. The Morgan fingerprint density at radius 2 is 1.59 bits per heavy atom. The van der Waals surface area contributed by atoms with Crippen molar-refractivity contribution in [2.24, 2.45) is 0 Å². The predicted octanol–water partition coefficient (Wildman–Crippen LogP) is 4.32. The molecule has 1 amide bonds. The molecule has 0 heterocycles. The Morgan fingerprint density at radius 1 is 0.941 bits per heavy atom. The normalized spacial score (nSPS) is 11.1. The number of nitrogens with zero attached hydrogens (tertiary/aromatic N) is 1. The highest BCUT2D eigenvalue weighted by atomic mass is 32.2. The Kier molecular flexibility index (Phi) is 8.46. The monoisotopic (exact) mass is 500 g/mol. The number of hydrogen-bond donors (Lipinski definition) is 1. The standard InChI is InChI=1S/C25H28N2O5S2/c1-31-22-14-11-19(15-23(22)32-2)16-26-25(28)20-12-9-18(10-13-20)17-27(34(4,29)30)21-7-5-6-8-24(21)33-3/h5-15H,16-17H2,1-4H3,(H,26,28). The second kappa shape index (κ2) is 11.3. The largest absolute Gasteiger partial charge is 0.493 e. The molecule has 3 aromatic rings. The van der Waals surface area contributed by atoms with Crippen LogP contribution in [0, 0.1) is 0 Å². The first-order chi connectivity index (χ1) is 16.3. The minimum absolute atomic E-state index is 0.171. The Bertz CT molecular complexity index is 1240. The molecular formula is C25H28N2O5S2. The Hall–Kier alpha value is -3.17. The molecule has 0 radical (unpaired) electrons. The second-order valence-corrected chi connectivity index (χ2v) is 10.3. The van der Waals surface area contributed by atoms with E-state index in [4.69, 9.17) is 9.47 Å². The van der Waals surface area contributed by atoms with E-state index in [0.717, 1.165) is 16.0 Å². The quantitative estimate of drug-likeness (QED) is 0.418. The maximum absolute atomic E-state index is 12.6. The topological polar surface area (TPSA) is 84.9 Å². The number of amides is 1. The van der Waals surface area contributed by atoms with Gasteiger partial charge in [0.2, 0.25) is 10.0 Å². The van der Waals surface area contributed by atoms with Gasteiger partial charge in [0.05, 0.1) is 32.7 Å². The lowest BCUT2D eigenvalue weighted by atomic mass is 10.1. The third-order valence-corrected chi connectivity index (χ3v) is 7.11. The van der Waals surface area contributed by atoms with Gasteiger partial charge in [-0.25, -0.2) is 8.42 Å². The molecule has 180 valence electrons. The van der Waals surface area contributed by atoms with E-state index in [-0.39, 0.29) is 12.5 Å². The van der Waals surface area contributed by atoms with Gasteiger partial charge in [0.25, 0.3) is 5.91 Å². The highest BCUT2D eigenvalue weighted by Gasteiger charge is 2.20. The average Bonchev–Trinajstić information content (AvgIpc) is 2.85. The summed E-state index contributed by atoms with van der Waals surface area (Å²) in [6.45, 7) is 0.498. The number of nitrogens with one attached hydrogen (secondary N) is 1.